The van der Waals surface area contributed by atoms with E-state index in [-0.39, 0.29) is 11.9 Å². The first-order chi connectivity index (χ1) is 13.6. The van der Waals surface area contributed by atoms with Crippen molar-refractivity contribution < 1.29 is 14.3 Å². The summed E-state index contributed by atoms with van der Waals surface area (Å²) in [5, 5.41) is 5.45. The average molecular weight is 414 g/mol. The fourth-order valence-electron chi connectivity index (χ4n) is 3.13. The van der Waals surface area contributed by atoms with Crippen LogP contribution in [0.2, 0.25) is 0 Å². The number of methoxy groups -OCH3 is 1. The molecule has 0 unspecified atom stereocenters. The van der Waals surface area contributed by atoms with Gasteiger partial charge in [-0.3, -0.25) is 15.0 Å². The molecule has 144 valence electrons. The Morgan fingerprint density at radius 1 is 1.25 bits per heavy atom. The highest BCUT2D eigenvalue weighted by Crippen LogP contribution is 2.29. The topological polar surface area (TPSA) is 71.5 Å². The minimum absolute atomic E-state index is 0.108. The molecule has 1 amide bonds. The lowest BCUT2D eigenvalue weighted by Crippen LogP contribution is -2.29. The molecule has 6 nitrogen and oxygen atoms in total. The number of amides is 1. The highest BCUT2D eigenvalue weighted by molar-refractivity contribution is 7.16. The molecule has 1 aromatic carbocycles. The predicted molar refractivity (Wildman–Crippen MR) is 110 cm³/mol. The molecule has 0 spiro atoms. The normalized spacial score (nSPS) is 13.8. The number of fused-ring (bicyclic) bond motifs is 1. The third-order valence-electron chi connectivity index (χ3n) is 4.56. The molecule has 8 heteroatoms. The van der Waals surface area contributed by atoms with Crippen molar-refractivity contribution in [3.8, 4) is 0 Å². The molecule has 0 radical (unpaired) electrons. The number of benzene rings is 1. The Balaban J connectivity index is 1.39. The number of aromatic nitrogens is 1. The van der Waals surface area contributed by atoms with Crippen LogP contribution in [-0.4, -0.2) is 35.4 Å². The Hall–Kier alpha value is -2.55. The van der Waals surface area contributed by atoms with Crippen molar-refractivity contribution in [3.05, 3.63) is 68.4 Å². The molecule has 28 heavy (non-hydrogen) atoms. The molecular weight excluding hydrogens is 394 g/mol. The summed E-state index contributed by atoms with van der Waals surface area (Å²) in [6.45, 7) is 2.52. The Morgan fingerprint density at radius 2 is 2.07 bits per heavy atom. The van der Waals surface area contributed by atoms with Crippen LogP contribution < -0.4 is 5.32 Å². The van der Waals surface area contributed by atoms with Crippen LogP contribution in [0.3, 0.4) is 0 Å². The summed E-state index contributed by atoms with van der Waals surface area (Å²) in [5.74, 6) is -0.431. The maximum atomic E-state index is 12.2. The Bertz CT molecular complexity index is 981. The van der Waals surface area contributed by atoms with Crippen molar-refractivity contribution in [2.75, 3.05) is 19.0 Å². The summed E-state index contributed by atoms with van der Waals surface area (Å²) < 4.78 is 4.73. The third-order valence-corrected chi connectivity index (χ3v) is 6.42. The van der Waals surface area contributed by atoms with Gasteiger partial charge in [-0.1, -0.05) is 18.2 Å². The molecule has 1 aliphatic rings. The van der Waals surface area contributed by atoms with Crippen LogP contribution in [0.5, 0.6) is 0 Å². The Kier molecular flexibility index (Phi) is 5.52. The predicted octanol–water partition coefficient (Wildman–Crippen LogP) is 3.80. The van der Waals surface area contributed by atoms with Gasteiger partial charge in [-0.05, 0) is 29.1 Å². The van der Waals surface area contributed by atoms with Gasteiger partial charge in [-0.15, -0.1) is 22.7 Å². The number of hydrogen-bond donors (Lipinski definition) is 1. The smallest absolute Gasteiger partial charge is 0.337 e. The number of anilines is 1. The minimum atomic E-state index is -0.323. The lowest BCUT2D eigenvalue weighted by Gasteiger charge is -2.25. The van der Waals surface area contributed by atoms with E-state index >= 15 is 0 Å². The highest BCUT2D eigenvalue weighted by atomic mass is 32.1. The van der Waals surface area contributed by atoms with Crippen LogP contribution in [0.1, 0.15) is 36.2 Å². The number of nitrogens with one attached hydrogen (secondary N) is 1. The molecule has 0 bridgehead atoms. The van der Waals surface area contributed by atoms with Gasteiger partial charge in [0, 0.05) is 30.9 Å². The molecule has 0 aliphatic carbocycles. The molecule has 1 aliphatic heterocycles. The molecular formula is C20H19N3O3S2. The second-order valence-electron chi connectivity index (χ2n) is 6.47. The van der Waals surface area contributed by atoms with Crippen LogP contribution >= 0.6 is 22.7 Å². The van der Waals surface area contributed by atoms with Gasteiger partial charge in [0.1, 0.15) is 0 Å². The summed E-state index contributed by atoms with van der Waals surface area (Å²) in [4.78, 5) is 32.6. The molecule has 3 heterocycles. The first kappa shape index (κ1) is 18.8. The summed E-state index contributed by atoms with van der Waals surface area (Å²) in [7, 11) is 1.38. The van der Waals surface area contributed by atoms with Crippen LogP contribution in [-0.2, 0) is 24.2 Å². The fourth-order valence-corrected chi connectivity index (χ4v) is 4.79. The van der Waals surface area contributed by atoms with Crippen molar-refractivity contribution in [2.24, 2.45) is 0 Å². The number of carbonyl (C=O) groups excluding carboxylic acids is 2. The zero-order valence-electron chi connectivity index (χ0n) is 15.3. The monoisotopic (exact) mass is 413 g/mol. The number of thiophene rings is 1. The Labute approximate surface area is 170 Å². The van der Waals surface area contributed by atoms with Crippen molar-refractivity contribution in [1.82, 2.24) is 9.88 Å². The Morgan fingerprint density at radius 3 is 2.79 bits per heavy atom. The maximum absolute atomic E-state index is 12.2. The van der Waals surface area contributed by atoms with Gasteiger partial charge >= 0.3 is 5.97 Å². The summed E-state index contributed by atoms with van der Waals surface area (Å²) in [6.07, 6.45) is 0.862. The van der Waals surface area contributed by atoms with Crippen molar-refractivity contribution in [1.29, 1.82) is 0 Å². The molecule has 0 saturated heterocycles. The fraction of sp³-hybridized carbons (Fsp3) is 0.250. The number of carbonyl (C=O) groups is 2. The van der Waals surface area contributed by atoms with Gasteiger partial charge in [-0.25, -0.2) is 9.78 Å². The van der Waals surface area contributed by atoms with E-state index in [0.29, 0.717) is 15.6 Å². The summed E-state index contributed by atoms with van der Waals surface area (Å²) in [6, 6.07) is 11.2. The molecule has 0 fully saturated rings. The SMILES string of the molecule is COC(=O)c1ccc(CN2CCc3nc(NC(=O)c4cccs4)sc3C2)cc1. The largest absolute Gasteiger partial charge is 0.465 e. The highest BCUT2D eigenvalue weighted by Gasteiger charge is 2.22. The van der Waals surface area contributed by atoms with Gasteiger partial charge in [-0.2, -0.15) is 0 Å². The molecule has 2 aromatic heterocycles. The number of rotatable bonds is 5. The lowest BCUT2D eigenvalue weighted by molar-refractivity contribution is 0.0600. The second-order valence-corrected chi connectivity index (χ2v) is 8.50. The van der Waals surface area contributed by atoms with Crippen molar-refractivity contribution >= 4 is 39.7 Å². The zero-order chi connectivity index (χ0) is 19.5. The molecule has 3 aromatic rings. The van der Waals surface area contributed by atoms with Crippen LogP contribution in [0.4, 0.5) is 5.13 Å². The number of thiazole rings is 1. The van der Waals surface area contributed by atoms with Crippen LogP contribution in [0.25, 0.3) is 0 Å². The quantitative estimate of drug-likeness (QED) is 0.644. The average Bonchev–Trinajstić information content (AvgIpc) is 3.37. The van der Waals surface area contributed by atoms with Gasteiger partial charge in [0.05, 0.1) is 23.2 Å². The van der Waals surface area contributed by atoms with E-state index in [2.05, 4.69) is 15.2 Å². The van der Waals surface area contributed by atoms with Gasteiger partial charge in [0.15, 0.2) is 5.13 Å². The maximum Gasteiger partial charge on any atom is 0.337 e. The van der Waals surface area contributed by atoms with Gasteiger partial charge < -0.3 is 4.74 Å². The van der Waals surface area contributed by atoms with Crippen LogP contribution in [0, 0.1) is 0 Å². The van der Waals surface area contributed by atoms with Crippen molar-refractivity contribution in [2.45, 2.75) is 19.5 Å². The summed E-state index contributed by atoms with van der Waals surface area (Å²) >= 11 is 2.96. The van der Waals surface area contributed by atoms with E-state index in [1.54, 1.807) is 29.5 Å². The molecule has 0 atom stereocenters. The van der Waals surface area contributed by atoms with E-state index in [1.165, 1.54) is 23.3 Å². The molecule has 4 rings (SSSR count). The number of esters is 1. The van der Waals surface area contributed by atoms with Crippen molar-refractivity contribution in [3.63, 3.8) is 0 Å². The number of hydrogen-bond acceptors (Lipinski definition) is 7. The summed E-state index contributed by atoms with van der Waals surface area (Å²) in [5.41, 5.74) is 2.77. The van der Waals surface area contributed by atoms with Gasteiger partial charge in [0.25, 0.3) is 5.91 Å². The van der Waals surface area contributed by atoms with E-state index < -0.39 is 0 Å². The van der Waals surface area contributed by atoms with Crippen LogP contribution in [0.15, 0.2) is 41.8 Å². The van der Waals surface area contributed by atoms with Gasteiger partial charge in [0.2, 0.25) is 0 Å². The first-order valence-electron chi connectivity index (χ1n) is 8.85. The first-order valence-corrected chi connectivity index (χ1v) is 10.5. The number of ether oxygens (including phenoxy) is 1. The molecule has 0 saturated carbocycles. The van der Waals surface area contributed by atoms with E-state index in [9.17, 15) is 9.59 Å². The third kappa shape index (κ3) is 4.14. The van der Waals surface area contributed by atoms with E-state index in [4.69, 9.17) is 4.74 Å². The minimum Gasteiger partial charge on any atom is -0.465 e. The second kappa shape index (κ2) is 8.22. The van der Waals surface area contributed by atoms with E-state index in [0.717, 1.165) is 37.3 Å². The standard InChI is InChI=1S/C20H19N3O3S2/c1-26-19(25)14-6-4-13(5-7-14)11-23-9-8-15-17(12-23)28-20(21-15)22-18(24)16-3-2-10-27-16/h2-7,10H,8-9,11-12H2,1H3,(H,21,22,24). The lowest BCUT2D eigenvalue weighted by atomic mass is 10.1. The van der Waals surface area contributed by atoms with E-state index in [1.807, 2.05) is 23.6 Å². The molecule has 1 N–H and O–H groups in total. The zero-order valence-corrected chi connectivity index (χ0v) is 16.9. The number of nitrogens with zero attached hydrogens (tertiary/aromatic N) is 2.